The molecule has 2 aromatic carbocycles. The van der Waals surface area contributed by atoms with Gasteiger partial charge in [0.15, 0.2) is 5.65 Å². The van der Waals surface area contributed by atoms with Gasteiger partial charge in [-0.25, -0.2) is 14.5 Å². The van der Waals surface area contributed by atoms with Crippen molar-refractivity contribution >= 4 is 60.1 Å². The van der Waals surface area contributed by atoms with Crippen LogP contribution in [0.2, 0.25) is 0 Å². The number of nitrogens with zero attached hydrogens (tertiary/aromatic N) is 7. The lowest BCUT2D eigenvalue weighted by molar-refractivity contribution is -0.120. The molecular weight excluding hydrogens is 909 g/mol. The third-order valence-electron chi connectivity index (χ3n) is 8.75. The first kappa shape index (κ1) is 62.4. The van der Waals surface area contributed by atoms with Gasteiger partial charge in [0.05, 0.1) is 22.8 Å². The van der Waals surface area contributed by atoms with Gasteiger partial charge in [0, 0.05) is 60.8 Å². The Morgan fingerprint density at radius 3 is 1.90 bits per heavy atom. The summed E-state index contributed by atoms with van der Waals surface area (Å²) in [5, 5.41) is 21.9. The number of nitrogens with two attached hydrogens (primary N) is 4. The molecule has 1 fully saturated rings. The molecule has 0 radical (unpaired) electrons. The van der Waals surface area contributed by atoms with Crippen molar-refractivity contribution in [2.45, 2.75) is 59.8 Å². The second kappa shape index (κ2) is 33.8. The van der Waals surface area contributed by atoms with Crippen LogP contribution in [0.5, 0.6) is 5.75 Å². The number of pyridine rings is 4. The molecule has 20 heteroatoms. The summed E-state index contributed by atoms with van der Waals surface area (Å²) in [4.78, 5) is 38.8. The average Bonchev–Trinajstić information content (AvgIpc) is 4.13. The Morgan fingerprint density at radius 1 is 0.814 bits per heavy atom. The molecule has 1 aliphatic rings. The zero-order valence-electron chi connectivity index (χ0n) is 40.9. The summed E-state index contributed by atoms with van der Waals surface area (Å²) in [7, 11) is 3.56. The smallest absolute Gasteiger partial charge is 0.249 e. The van der Waals surface area contributed by atoms with Crippen LogP contribution in [0.3, 0.4) is 0 Å². The molecule has 19 nitrogen and oxygen atoms in total. The number of carbonyl (C=O) groups is 2. The predicted molar refractivity (Wildman–Crippen MR) is 287 cm³/mol. The summed E-state index contributed by atoms with van der Waals surface area (Å²) in [6.45, 7) is 12.1. The van der Waals surface area contributed by atoms with Crippen LogP contribution in [-0.2, 0) is 21.9 Å². The highest BCUT2D eigenvalue weighted by molar-refractivity contribution is 7.79. The third kappa shape index (κ3) is 22.9. The summed E-state index contributed by atoms with van der Waals surface area (Å²) in [5.41, 5.74) is 23.4. The van der Waals surface area contributed by atoms with Gasteiger partial charge in [-0.05, 0) is 98.8 Å². The normalized spacial score (nSPS) is 10.5. The van der Waals surface area contributed by atoms with Crippen molar-refractivity contribution in [2.24, 2.45) is 23.4 Å². The molecule has 70 heavy (non-hydrogen) atoms. The maximum atomic E-state index is 12.0. The number of benzene rings is 2. The number of hydrogen-bond donors (Lipinski definition) is 8. The van der Waals surface area contributed by atoms with E-state index in [1.807, 2.05) is 105 Å². The molecular formula is C50H70N14O5S. The monoisotopic (exact) mass is 979 g/mol. The minimum absolute atomic E-state index is 0. The fourth-order valence-corrected chi connectivity index (χ4v) is 5.32. The summed E-state index contributed by atoms with van der Waals surface area (Å²) >= 11 is 4.11. The molecule has 1 aliphatic carbocycles. The molecule has 0 bridgehead atoms. The lowest BCUT2D eigenvalue weighted by Crippen LogP contribution is -2.18. The molecule has 15 N–H and O–H groups in total. The van der Waals surface area contributed by atoms with Crippen molar-refractivity contribution in [2.75, 3.05) is 30.9 Å². The number of fused-ring (bicyclic) bond motifs is 1. The second-order valence-electron chi connectivity index (χ2n) is 15.0. The van der Waals surface area contributed by atoms with E-state index in [9.17, 15) is 9.59 Å². The van der Waals surface area contributed by atoms with E-state index in [0.29, 0.717) is 41.2 Å². The zero-order valence-corrected chi connectivity index (χ0v) is 41.8. The van der Waals surface area contributed by atoms with E-state index >= 15 is 0 Å². The van der Waals surface area contributed by atoms with Crippen LogP contribution in [0.15, 0.2) is 128 Å². The Hall–Kier alpha value is -7.62. The van der Waals surface area contributed by atoms with E-state index in [-0.39, 0.29) is 34.6 Å². The number of hydrazine groups is 1. The highest BCUT2D eigenvalue weighted by Crippen LogP contribution is 2.30. The van der Waals surface area contributed by atoms with Gasteiger partial charge >= 0.3 is 0 Å². The van der Waals surface area contributed by atoms with Crippen LogP contribution in [0, 0.1) is 22.7 Å². The molecule has 0 spiro atoms. The Bertz CT molecular complexity index is 2560. The Kier molecular flexibility index (Phi) is 30.1. The van der Waals surface area contributed by atoms with Crippen LogP contribution >= 0.6 is 12.6 Å². The SMILES string of the molecule is C=N.CC.CC(=N)c1ccc(COc2ccc(-c3cccc4nc(NC(=O)C5CC5)nn34)cc2)cn1.CC(C)C(N)=O.CN(C)N.Nc1ccc(-c2cccc(N)n2)cn1.O.O.SCc1ccccc1. The number of amides is 2. The molecule has 0 unspecified atom stereocenters. The number of nitrogen functional groups attached to an aromatic ring is 2. The van der Waals surface area contributed by atoms with Crippen LogP contribution in [-0.4, -0.2) is 83.9 Å². The molecule has 0 saturated heterocycles. The number of ether oxygens (including phenoxy) is 1. The Morgan fingerprint density at radius 2 is 1.41 bits per heavy atom. The second-order valence-corrected chi connectivity index (χ2v) is 15.3. The number of anilines is 3. The number of thiol groups is 1. The van der Waals surface area contributed by atoms with Crippen LogP contribution in [0.25, 0.3) is 28.2 Å². The quantitative estimate of drug-likeness (QED) is 0.0306. The van der Waals surface area contributed by atoms with Gasteiger partial charge in [-0.3, -0.25) is 30.7 Å². The summed E-state index contributed by atoms with van der Waals surface area (Å²) < 4.78 is 7.60. The van der Waals surface area contributed by atoms with E-state index in [1.165, 1.54) is 10.6 Å². The molecule has 0 atom stereocenters. The van der Waals surface area contributed by atoms with Crippen molar-refractivity contribution in [3.8, 4) is 28.3 Å². The number of primary amides is 1. The van der Waals surface area contributed by atoms with E-state index in [2.05, 4.69) is 61.8 Å². The van der Waals surface area contributed by atoms with Crippen molar-refractivity contribution < 1.29 is 25.3 Å². The van der Waals surface area contributed by atoms with Gasteiger partial charge < -0.3 is 43.7 Å². The van der Waals surface area contributed by atoms with Gasteiger partial charge in [-0.1, -0.05) is 76.2 Å². The van der Waals surface area contributed by atoms with E-state index in [4.69, 9.17) is 38.6 Å². The van der Waals surface area contributed by atoms with Crippen LogP contribution in [0.4, 0.5) is 17.6 Å². The summed E-state index contributed by atoms with van der Waals surface area (Å²) in [6, 6.07) is 36.5. The highest BCUT2D eigenvalue weighted by atomic mass is 32.1. The van der Waals surface area contributed by atoms with Crippen molar-refractivity contribution in [1.29, 1.82) is 10.8 Å². The molecule has 1 saturated carbocycles. The first-order chi connectivity index (χ1) is 32.6. The van der Waals surface area contributed by atoms with Crippen molar-refractivity contribution in [3.05, 3.63) is 144 Å². The first-order valence-electron chi connectivity index (χ1n) is 21.7. The molecule has 376 valence electrons. The summed E-state index contributed by atoms with van der Waals surface area (Å²) in [5.74, 6) is 7.68. The largest absolute Gasteiger partial charge is 0.489 e. The average molecular weight is 979 g/mol. The van der Waals surface area contributed by atoms with E-state index < -0.39 is 0 Å². The lowest BCUT2D eigenvalue weighted by atomic mass is 10.1. The lowest BCUT2D eigenvalue weighted by Gasteiger charge is -2.08. The number of hydrogen-bond acceptors (Lipinski definition) is 15. The minimum Gasteiger partial charge on any atom is -0.489 e. The third-order valence-corrected chi connectivity index (χ3v) is 9.12. The standard InChI is InChI=1S/C24H22N6O2.C10H10N4.C7H8S.C4H9NO.C2H8N2.C2H6.CH3N.2H2O/c1-15(25)20-12-5-16(13-26-20)14-32-19-10-8-17(9-11-19)21-3-2-4-22-27-24(29-30(21)22)28-23(31)18-6-7-18;11-9-5-4-7(6-13-9)8-2-1-3-10(12)14-8;8-6-7-4-2-1-3-5-7;1-3(2)4(5)6;1-4(2)3;2*1-2;;/h2-5,8-13,18,25H,6-7,14H2,1H3,(H,28,29,31);1-6H,(H2,11,13)(H2,12,14);1-5,8H,6H2;3H,1-2H3,(H2,5,6);3H2,1-2H3;1-2H3;2H,1H2;2*1H2. The topological polar surface area (TPSA) is 342 Å². The highest BCUT2D eigenvalue weighted by Gasteiger charge is 2.30. The molecule has 8 rings (SSSR count). The number of carbonyl (C=O) groups excluding carboxylic acids is 2. The fraction of sp³-hybridized carbons (Fsp3) is 0.260. The first-order valence-corrected chi connectivity index (χ1v) is 22.3. The number of rotatable bonds is 10. The van der Waals surface area contributed by atoms with Crippen molar-refractivity contribution in [1.82, 2.24) is 34.6 Å². The molecule has 5 heterocycles. The molecule has 5 aromatic heterocycles. The Balaban J connectivity index is 0.00000103. The zero-order chi connectivity index (χ0) is 50.6. The number of aromatic nitrogens is 6. The predicted octanol–water partition coefficient (Wildman–Crippen LogP) is 6.72. The minimum atomic E-state index is -0.241. The molecule has 7 aromatic rings. The van der Waals surface area contributed by atoms with Gasteiger partial charge in [0.1, 0.15) is 24.0 Å². The summed E-state index contributed by atoms with van der Waals surface area (Å²) in [6.07, 6.45) is 5.28. The van der Waals surface area contributed by atoms with Gasteiger partial charge in [0.25, 0.3) is 0 Å². The van der Waals surface area contributed by atoms with Gasteiger partial charge in [0.2, 0.25) is 17.8 Å². The maximum absolute atomic E-state index is 12.0. The fourth-order valence-electron chi connectivity index (χ4n) is 5.11. The van der Waals surface area contributed by atoms with E-state index in [1.54, 1.807) is 63.9 Å². The molecule has 0 aliphatic heterocycles. The Labute approximate surface area is 416 Å². The number of nitrogens with one attached hydrogen (secondary N) is 3. The maximum Gasteiger partial charge on any atom is 0.249 e. The van der Waals surface area contributed by atoms with E-state index in [0.717, 1.165) is 52.4 Å². The van der Waals surface area contributed by atoms with Gasteiger partial charge in [-0.2, -0.15) is 17.6 Å². The van der Waals surface area contributed by atoms with Crippen LogP contribution in [0.1, 0.15) is 64.3 Å². The van der Waals surface area contributed by atoms with Crippen molar-refractivity contribution in [3.63, 3.8) is 0 Å². The molecule has 2 amide bonds. The van der Waals surface area contributed by atoms with Crippen LogP contribution < -0.4 is 33.1 Å². The van der Waals surface area contributed by atoms with Gasteiger partial charge in [-0.15, -0.1) is 5.10 Å².